The SMILES string of the molecule is O=C1CC(=O)N(c2ccc(I)nc2)C1. The number of Topliss-reactive ketones (excluding diaryl/α,β-unsaturated/α-hetero) is 1. The van der Waals surface area contributed by atoms with Gasteiger partial charge in [-0.25, -0.2) is 4.98 Å². The van der Waals surface area contributed by atoms with Gasteiger partial charge in [0.15, 0.2) is 5.78 Å². The van der Waals surface area contributed by atoms with Crippen LogP contribution in [-0.2, 0) is 9.59 Å². The van der Waals surface area contributed by atoms with Gasteiger partial charge in [-0.3, -0.25) is 9.59 Å². The van der Waals surface area contributed by atoms with Crippen molar-refractivity contribution in [3.63, 3.8) is 0 Å². The Hall–Kier alpha value is -0.980. The number of aromatic nitrogens is 1. The first-order valence-corrected chi connectivity index (χ1v) is 5.18. The number of hydrogen-bond donors (Lipinski definition) is 0. The van der Waals surface area contributed by atoms with Crippen LogP contribution in [0, 0.1) is 3.70 Å². The minimum absolute atomic E-state index is 0.0198. The lowest BCUT2D eigenvalue weighted by Crippen LogP contribution is -2.24. The highest BCUT2D eigenvalue weighted by molar-refractivity contribution is 14.1. The normalized spacial score (nSPS) is 16.5. The number of amides is 1. The molecule has 0 spiro atoms. The molecule has 1 aromatic heterocycles. The molecule has 1 aliphatic rings. The third-order valence-corrected chi connectivity index (χ3v) is 2.65. The molecule has 72 valence electrons. The summed E-state index contributed by atoms with van der Waals surface area (Å²) in [6, 6.07) is 3.61. The smallest absolute Gasteiger partial charge is 0.234 e. The van der Waals surface area contributed by atoms with Crippen LogP contribution in [0.25, 0.3) is 0 Å². The van der Waals surface area contributed by atoms with Gasteiger partial charge in [0, 0.05) is 0 Å². The number of nitrogens with zero attached hydrogens (tertiary/aromatic N) is 2. The van der Waals surface area contributed by atoms with E-state index in [4.69, 9.17) is 0 Å². The van der Waals surface area contributed by atoms with Crippen LogP contribution in [0.2, 0.25) is 0 Å². The summed E-state index contributed by atoms with van der Waals surface area (Å²) in [6.07, 6.45) is 1.63. The van der Waals surface area contributed by atoms with Crippen molar-refractivity contribution in [1.82, 2.24) is 4.98 Å². The molecule has 1 aromatic rings. The molecule has 1 fully saturated rings. The number of halogens is 1. The number of ketones is 1. The van der Waals surface area contributed by atoms with Gasteiger partial charge in [0.1, 0.15) is 3.70 Å². The molecule has 0 bridgehead atoms. The zero-order valence-electron chi connectivity index (χ0n) is 7.24. The lowest BCUT2D eigenvalue weighted by Gasteiger charge is -2.13. The number of pyridine rings is 1. The molecular formula is C9H7IN2O2. The number of rotatable bonds is 1. The third-order valence-electron chi connectivity index (χ3n) is 2.01. The Morgan fingerprint density at radius 1 is 1.36 bits per heavy atom. The molecule has 1 amide bonds. The van der Waals surface area contributed by atoms with E-state index in [1.807, 2.05) is 6.07 Å². The van der Waals surface area contributed by atoms with Gasteiger partial charge in [-0.15, -0.1) is 0 Å². The highest BCUT2D eigenvalue weighted by Crippen LogP contribution is 2.18. The first-order chi connectivity index (χ1) is 6.66. The Labute approximate surface area is 94.4 Å². The molecule has 2 rings (SSSR count). The first kappa shape index (κ1) is 9.57. The summed E-state index contributed by atoms with van der Waals surface area (Å²) in [4.78, 5) is 27.9. The second-order valence-corrected chi connectivity index (χ2v) is 4.14. The van der Waals surface area contributed by atoms with Crippen molar-refractivity contribution in [2.24, 2.45) is 0 Å². The molecule has 0 aliphatic carbocycles. The Bertz CT molecular complexity index is 388. The zero-order valence-corrected chi connectivity index (χ0v) is 9.39. The summed E-state index contributed by atoms with van der Waals surface area (Å²) in [5.74, 6) is -0.174. The average Bonchev–Trinajstić information content (AvgIpc) is 2.47. The summed E-state index contributed by atoms with van der Waals surface area (Å²) in [5, 5.41) is 0. The van der Waals surface area contributed by atoms with Crippen molar-refractivity contribution in [3.05, 3.63) is 22.0 Å². The quantitative estimate of drug-likeness (QED) is 0.442. The number of carbonyl (C=O) groups excluding carboxylic acids is 2. The maximum Gasteiger partial charge on any atom is 0.234 e. The first-order valence-electron chi connectivity index (χ1n) is 4.10. The van der Waals surface area contributed by atoms with Gasteiger partial charge in [0.05, 0.1) is 24.8 Å². The van der Waals surface area contributed by atoms with E-state index in [1.165, 1.54) is 4.90 Å². The molecule has 1 aliphatic heterocycles. The molecule has 0 N–H and O–H groups in total. The fourth-order valence-corrected chi connectivity index (χ4v) is 1.67. The molecule has 14 heavy (non-hydrogen) atoms. The molecule has 2 heterocycles. The molecule has 0 atom stereocenters. The van der Waals surface area contributed by atoms with Gasteiger partial charge in [-0.2, -0.15) is 0 Å². The van der Waals surface area contributed by atoms with Gasteiger partial charge in [-0.1, -0.05) is 0 Å². The van der Waals surface area contributed by atoms with Crippen LogP contribution < -0.4 is 4.90 Å². The second kappa shape index (κ2) is 3.64. The van der Waals surface area contributed by atoms with E-state index in [-0.39, 0.29) is 24.7 Å². The molecule has 0 saturated carbocycles. The van der Waals surface area contributed by atoms with Crippen LogP contribution >= 0.6 is 22.6 Å². The minimum Gasteiger partial charge on any atom is -0.303 e. The maximum atomic E-state index is 11.3. The zero-order chi connectivity index (χ0) is 10.1. The van der Waals surface area contributed by atoms with E-state index in [9.17, 15) is 9.59 Å². The highest BCUT2D eigenvalue weighted by Gasteiger charge is 2.28. The standard InChI is InChI=1S/C9H7IN2O2/c10-8-2-1-6(4-11-8)12-5-7(13)3-9(12)14/h1-2,4H,3,5H2. The Morgan fingerprint density at radius 3 is 2.64 bits per heavy atom. The predicted molar refractivity (Wildman–Crippen MR) is 58.9 cm³/mol. The fraction of sp³-hybridized carbons (Fsp3) is 0.222. The van der Waals surface area contributed by atoms with Crippen LogP contribution in [0.4, 0.5) is 5.69 Å². The lowest BCUT2D eigenvalue weighted by atomic mass is 10.3. The van der Waals surface area contributed by atoms with Gasteiger partial charge >= 0.3 is 0 Å². The van der Waals surface area contributed by atoms with Gasteiger partial charge < -0.3 is 4.90 Å². The summed E-state index contributed by atoms with van der Waals surface area (Å²) < 4.78 is 0.865. The van der Waals surface area contributed by atoms with Crippen LogP contribution in [0.5, 0.6) is 0 Å². The Morgan fingerprint density at radius 2 is 2.14 bits per heavy atom. The van der Waals surface area contributed by atoms with E-state index in [1.54, 1.807) is 12.3 Å². The summed E-state index contributed by atoms with van der Waals surface area (Å²) in [7, 11) is 0. The monoisotopic (exact) mass is 302 g/mol. The topological polar surface area (TPSA) is 50.3 Å². The largest absolute Gasteiger partial charge is 0.303 e. The molecule has 0 radical (unpaired) electrons. The summed E-state index contributed by atoms with van der Waals surface area (Å²) in [5.41, 5.74) is 0.696. The van der Waals surface area contributed by atoms with E-state index in [2.05, 4.69) is 27.6 Å². The summed E-state index contributed by atoms with van der Waals surface area (Å²) >= 11 is 2.09. The van der Waals surface area contributed by atoms with Crippen LogP contribution in [0.15, 0.2) is 18.3 Å². The average molecular weight is 302 g/mol. The van der Waals surface area contributed by atoms with E-state index in [0.717, 1.165) is 3.70 Å². The minimum atomic E-state index is -0.141. The molecular weight excluding hydrogens is 295 g/mol. The van der Waals surface area contributed by atoms with Crippen LogP contribution in [0.1, 0.15) is 6.42 Å². The van der Waals surface area contributed by atoms with Crippen molar-refractivity contribution in [3.8, 4) is 0 Å². The van der Waals surface area contributed by atoms with Crippen molar-refractivity contribution >= 4 is 40.0 Å². The van der Waals surface area contributed by atoms with E-state index >= 15 is 0 Å². The molecule has 0 aromatic carbocycles. The maximum absolute atomic E-state index is 11.3. The van der Waals surface area contributed by atoms with Gasteiger partial charge in [-0.05, 0) is 34.7 Å². The van der Waals surface area contributed by atoms with Crippen molar-refractivity contribution in [2.75, 3.05) is 11.4 Å². The van der Waals surface area contributed by atoms with Crippen molar-refractivity contribution in [2.45, 2.75) is 6.42 Å². The number of anilines is 1. The predicted octanol–water partition coefficient (Wildman–Crippen LogP) is 0.992. The fourth-order valence-electron chi connectivity index (χ4n) is 1.35. The van der Waals surface area contributed by atoms with Crippen LogP contribution in [0.3, 0.4) is 0 Å². The lowest BCUT2D eigenvalue weighted by molar-refractivity contribution is -0.121. The Balaban J connectivity index is 2.27. The molecule has 0 unspecified atom stereocenters. The van der Waals surface area contributed by atoms with Crippen LogP contribution in [-0.4, -0.2) is 23.2 Å². The van der Waals surface area contributed by atoms with E-state index < -0.39 is 0 Å². The van der Waals surface area contributed by atoms with Crippen molar-refractivity contribution < 1.29 is 9.59 Å². The van der Waals surface area contributed by atoms with Gasteiger partial charge in [0.2, 0.25) is 5.91 Å². The molecule has 5 heteroatoms. The molecule has 1 saturated heterocycles. The number of hydrogen-bond acceptors (Lipinski definition) is 3. The third kappa shape index (κ3) is 1.77. The second-order valence-electron chi connectivity index (χ2n) is 3.03. The van der Waals surface area contributed by atoms with E-state index in [0.29, 0.717) is 5.69 Å². The Kier molecular flexibility index (Phi) is 2.49. The molecule has 4 nitrogen and oxygen atoms in total. The van der Waals surface area contributed by atoms with Crippen molar-refractivity contribution in [1.29, 1.82) is 0 Å². The van der Waals surface area contributed by atoms with Gasteiger partial charge in [0.25, 0.3) is 0 Å². The summed E-state index contributed by atoms with van der Waals surface area (Å²) in [6.45, 7) is 0.182. The highest BCUT2D eigenvalue weighted by atomic mass is 127. The number of carbonyl (C=O) groups is 2.